The molecule has 0 unspecified atom stereocenters. The van der Waals surface area contributed by atoms with Gasteiger partial charge in [-0.1, -0.05) is 18.6 Å². The summed E-state index contributed by atoms with van der Waals surface area (Å²) in [5.74, 6) is -2.28. The minimum atomic E-state index is -0.901. The lowest BCUT2D eigenvalue weighted by molar-refractivity contribution is -0.146. The van der Waals surface area contributed by atoms with Crippen molar-refractivity contribution >= 4 is 39.6 Å². The number of allylic oxidation sites excluding steroid dienone is 2. The predicted molar refractivity (Wildman–Crippen MR) is 113 cm³/mol. The minimum absolute atomic E-state index is 0.192. The largest absolute Gasteiger partial charge is 0.481 e. The standard InChI is InChI=1S/C21H24N2O3S2/c1-12-11-27-19(22-12)17-15-9-3-2-4-10-16(15)28-20(17)23-18(24)13-7-5-6-8-14(13)21(25)26/h5-6,11,13-14H,2-4,7-10H2,1H3,(H,23,24)(H,25,26)/t13-,14+/m0/s1. The summed E-state index contributed by atoms with van der Waals surface area (Å²) >= 11 is 3.26. The van der Waals surface area contributed by atoms with Crippen LogP contribution in [0.2, 0.25) is 0 Å². The number of fused-ring (bicyclic) bond motifs is 1. The van der Waals surface area contributed by atoms with E-state index in [0.29, 0.717) is 12.8 Å². The molecule has 0 spiro atoms. The normalized spacial score (nSPS) is 21.8. The number of carboxylic acid groups (broad SMARTS) is 1. The van der Waals surface area contributed by atoms with Gasteiger partial charge in [0.15, 0.2) is 0 Å². The average Bonchev–Trinajstić information content (AvgIpc) is 3.16. The molecular weight excluding hydrogens is 392 g/mol. The highest BCUT2D eigenvalue weighted by molar-refractivity contribution is 7.18. The molecule has 4 rings (SSSR count). The van der Waals surface area contributed by atoms with E-state index in [1.807, 2.05) is 24.5 Å². The summed E-state index contributed by atoms with van der Waals surface area (Å²) in [6, 6.07) is 0. The van der Waals surface area contributed by atoms with Gasteiger partial charge >= 0.3 is 5.97 Å². The monoisotopic (exact) mass is 416 g/mol. The second kappa shape index (κ2) is 8.17. The number of thiazole rings is 1. The van der Waals surface area contributed by atoms with E-state index in [2.05, 4.69) is 10.3 Å². The first-order valence-corrected chi connectivity index (χ1v) is 11.5. The molecule has 0 fully saturated rings. The Hall–Kier alpha value is -1.99. The smallest absolute Gasteiger partial charge is 0.307 e. The Morgan fingerprint density at radius 2 is 1.89 bits per heavy atom. The van der Waals surface area contributed by atoms with E-state index >= 15 is 0 Å². The zero-order chi connectivity index (χ0) is 19.7. The highest BCUT2D eigenvalue weighted by atomic mass is 32.1. The molecule has 0 aliphatic heterocycles. The van der Waals surface area contributed by atoms with E-state index in [1.165, 1.54) is 23.3 Å². The Bertz CT molecular complexity index is 928. The van der Waals surface area contributed by atoms with Gasteiger partial charge in [0.05, 0.1) is 11.8 Å². The second-order valence-electron chi connectivity index (χ2n) is 7.55. The molecule has 1 amide bonds. The van der Waals surface area contributed by atoms with Gasteiger partial charge in [-0.2, -0.15) is 0 Å². The van der Waals surface area contributed by atoms with Crippen molar-refractivity contribution < 1.29 is 14.7 Å². The highest BCUT2D eigenvalue weighted by Crippen LogP contribution is 2.45. The maximum Gasteiger partial charge on any atom is 0.307 e. The van der Waals surface area contributed by atoms with Gasteiger partial charge < -0.3 is 10.4 Å². The first-order valence-electron chi connectivity index (χ1n) is 9.80. The maximum atomic E-state index is 13.0. The fourth-order valence-electron chi connectivity index (χ4n) is 4.11. The molecule has 0 radical (unpaired) electrons. The number of hydrogen-bond donors (Lipinski definition) is 2. The number of anilines is 1. The average molecular weight is 417 g/mol. The van der Waals surface area contributed by atoms with Crippen LogP contribution in [0.1, 0.15) is 48.2 Å². The third-order valence-corrected chi connectivity index (χ3v) is 7.76. The van der Waals surface area contributed by atoms with Gasteiger partial charge in [0.25, 0.3) is 0 Å². The summed E-state index contributed by atoms with van der Waals surface area (Å²) < 4.78 is 0. The molecule has 7 heteroatoms. The molecule has 0 saturated carbocycles. The van der Waals surface area contributed by atoms with E-state index in [1.54, 1.807) is 22.7 Å². The summed E-state index contributed by atoms with van der Waals surface area (Å²) in [5, 5.41) is 16.4. The summed E-state index contributed by atoms with van der Waals surface area (Å²) in [5.41, 5.74) is 3.37. The number of carboxylic acids is 1. The van der Waals surface area contributed by atoms with Crippen molar-refractivity contribution in [3.05, 3.63) is 33.7 Å². The Morgan fingerprint density at radius 1 is 1.14 bits per heavy atom. The molecule has 2 aliphatic rings. The zero-order valence-corrected chi connectivity index (χ0v) is 17.5. The van der Waals surface area contributed by atoms with Crippen LogP contribution in [0.4, 0.5) is 5.00 Å². The van der Waals surface area contributed by atoms with E-state index in [0.717, 1.165) is 40.5 Å². The minimum Gasteiger partial charge on any atom is -0.481 e. The number of aromatic nitrogens is 1. The van der Waals surface area contributed by atoms with Gasteiger partial charge in [0.1, 0.15) is 10.0 Å². The van der Waals surface area contributed by atoms with Crippen molar-refractivity contribution in [1.82, 2.24) is 4.98 Å². The topological polar surface area (TPSA) is 79.3 Å². The lowest BCUT2D eigenvalue weighted by atomic mass is 9.82. The van der Waals surface area contributed by atoms with Crippen LogP contribution in [0.3, 0.4) is 0 Å². The van der Waals surface area contributed by atoms with Gasteiger partial charge in [0.2, 0.25) is 5.91 Å². The molecule has 2 aromatic heterocycles. The fourth-order valence-corrected chi connectivity index (χ4v) is 6.34. The molecule has 148 valence electrons. The molecular formula is C21H24N2O3S2. The number of nitrogens with zero attached hydrogens (tertiary/aromatic N) is 1. The van der Waals surface area contributed by atoms with Crippen LogP contribution in [-0.4, -0.2) is 22.0 Å². The lowest BCUT2D eigenvalue weighted by Gasteiger charge is -2.24. The van der Waals surface area contributed by atoms with Crippen LogP contribution in [-0.2, 0) is 22.4 Å². The number of nitrogens with one attached hydrogen (secondary N) is 1. The van der Waals surface area contributed by atoms with E-state index in [-0.39, 0.29) is 5.91 Å². The zero-order valence-electron chi connectivity index (χ0n) is 15.9. The number of carbonyl (C=O) groups is 2. The van der Waals surface area contributed by atoms with Crippen LogP contribution >= 0.6 is 22.7 Å². The molecule has 2 atom stereocenters. The molecule has 2 heterocycles. The summed E-state index contributed by atoms with van der Waals surface area (Å²) in [6.45, 7) is 1.98. The van der Waals surface area contributed by atoms with Gasteiger partial charge in [-0.3, -0.25) is 9.59 Å². The quantitative estimate of drug-likeness (QED) is 0.540. The van der Waals surface area contributed by atoms with Gasteiger partial charge in [0, 0.05) is 21.5 Å². The summed E-state index contributed by atoms with van der Waals surface area (Å²) in [6.07, 6.45) is 10.3. The Labute approximate surface area is 172 Å². The van der Waals surface area contributed by atoms with Crippen molar-refractivity contribution in [1.29, 1.82) is 0 Å². The van der Waals surface area contributed by atoms with Crippen LogP contribution in [0, 0.1) is 18.8 Å². The highest BCUT2D eigenvalue weighted by Gasteiger charge is 2.35. The van der Waals surface area contributed by atoms with Gasteiger partial charge in [-0.15, -0.1) is 22.7 Å². The van der Waals surface area contributed by atoms with Crippen molar-refractivity contribution in [3.8, 4) is 10.6 Å². The van der Waals surface area contributed by atoms with Gasteiger partial charge in [-0.05, 0) is 51.0 Å². The van der Waals surface area contributed by atoms with E-state index < -0.39 is 17.8 Å². The second-order valence-corrected chi connectivity index (χ2v) is 9.51. The third-order valence-electron chi connectivity index (χ3n) is 5.58. The van der Waals surface area contributed by atoms with E-state index in [4.69, 9.17) is 0 Å². The molecule has 2 N–H and O–H groups in total. The number of aliphatic carboxylic acids is 1. The fraction of sp³-hybridized carbons (Fsp3) is 0.476. The lowest BCUT2D eigenvalue weighted by Crippen LogP contribution is -2.34. The number of thiophene rings is 1. The summed E-state index contributed by atoms with van der Waals surface area (Å²) in [7, 11) is 0. The predicted octanol–water partition coefficient (Wildman–Crippen LogP) is 5.05. The first-order chi connectivity index (χ1) is 13.5. The first kappa shape index (κ1) is 19.3. The van der Waals surface area contributed by atoms with Crippen LogP contribution in [0.5, 0.6) is 0 Å². The van der Waals surface area contributed by atoms with Crippen LogP contribution in [0.15, 0.2) is 17.5 Å². The molecule has 2 aromatic rings. The SMILES string of the molecule is Cc1csc(-c2c(NC(=O)[C@H]3CC=CC[C@H]3C(=O)O)sc3c2CCCCC3)n1. The molecule has 28 heavy (non-hydrogen) atoms. The molecule has 0 bridgehead atoms. The molecule has 5 nitrogen and oxygen atoms in total. The number of carbonyl (C=O) groups excluding carboxylic acids is 1. The van der Waals surface area contributed by atoms with Gasteiger partial charge in [-0.25, -0.2) is 4.98 Å². The number of amides is 1. The van der Waals surface area contributed by atoms with Crippen LogP contribution < -0.4 is 5.32 Å². The Balaban J connectivity index is 1.68. The van der Waals surface area contributed by atoms with Crippen molar-refractivity contribution in [2.45, 2.75) is 51.9 Å². The molecule has 0 saturated heterocycles. The third kappa shape index (κ3) is 3.78. The Morgan fingerprint density at radius 3 is 2.61 bits per heavy atom. The number of hydrogen-bond acceptors (Lipinski definition) is 5. The molecule has 0 aromatic carbocycles. The number of rotatable bonds is 4. The maximum absolute atomic E-state index is 13.0. The summed E-state index contributed by atoms with van der Waals surface area (Å²) in [4.78, 5) is 30.6. The van der Waals surface area contributed by atoms with Crippen molar-refractivity contribution in [2.75, 3.05) is 5.32 Å². The molecule has 2 aliphatic carbocycles. The van der Waals surface area contributed by atoms with Crippen molar-refractivity contribution in [3.63, 3.8) is 0 Å². The number of aryl methyl sites for hydroxylation is 2. The Kier molecular flexibility index (Phi) is 5.64. The van der Waals surface area contributed by atoms with Crippen LogP contribution in [0.25, 0.3) is 10.6 Å². The van der Waals surface area contributed by atoms with E-state index in [9.17, 15) is 14.7 Å². The van der Waals surface area contributed by atoms with Crippen molar-refractivity contribution in [2.24, 2.45) is 11.8 Å².